The first-order valence-corrected chi connectivity index (χ1v) is 10.7. The topological polar surface area (TPSA) is 85.6 Å². The number of amides is 1. The number of fused-ring (bicyclic) bond motifs is 1. The maximum absolute atomic E-state index is 12.8. The fourth-order valence-corrected chi connectivity index (χ4v) is 3.60. The van der Waals surface area contributed by atoms with Gasteiger partial charge in [-0.25, -0.2) is 4.98 Å². The van der Waals surface area contributed by atoms with E-state index in [1.807, 2.05) is 48.5 Å². The van der Waals surface area contributed by atoms with Crippen molar-refractivity contribution in [3.8, 4) is 22.8 Å². The molecular weight excluding hydrogens is 442 g/mol. The van der Waals surface area contributed by atoms with E-state index in [1.54, 1.807) is 24.4 Å². The van der Waals surface area contributed by atoms with Gasteiger partial charge in [-0.15, -0.1) is 0 Å². The van der Waals surface area contributed by atoms with Crippen LogP contribution in [0.2, 0.25) is 5.02 Å². The minimum Gasteiger partial charge on any atom is -0.454 e. The van der Waals surface area contributed by atoms with Crippen molar-refractivity contribution in [3.63, 3.8) is 0 Å². The summed E-state index contributed by atoms with van der Waals surface area (Å²) in [5, 5.41) is 6.85. The van der Waals surface area contributed by atoms with E-state index in [2.05, 4.69) is 15.6 Å². The predicted molar refractivity (Wildman–Crippen MR) is 124 cm³/mol. The van der Waals surface area contributed by atoms with Crippen LogP contribution in [0.1, 0.15) is 21.8 Å². The van der Waals surface area contributed by atoms with E-state index in [1.165, 1.54) is 0 Å². The zero-order chi connectivity index (χ0) is 22.6. The number of hydrogen-bond acceptors (Lipinski definition) is 6. The first-order valence-electron chi connectivity index (χ1n) is 10.4. The standard InChI is InChI=1S/C25H20ClN3O4/c26-18-8-6-17(7-9-18)23-13-28-24(33-23)14-27-20-4-2-1-3-19(20)25(30)29-12-16-5-10-21-22(11-16)32-15-31-21/h1-11,13,27H,12,14-15H2,(H,29,30). The average molecular weight is 462 g/mol. The van der Waals surface area contributed by atoms with Crippen LogP contribution in [0.15, 0.2) is 77.3 Å². The number of ether oxygens (including phenoxy) is 2. The largest absolute Gasteiger partial charge is 0.454 e. The number of aromatic nitrogens is 1. The Hall–Kier alpha value is -3.97. The maximum Gasteiger partial charge on any atom is 0.253 e. The summed E-state index contributed by atoms with van der Waals surface area (Å²) in [6, 6.07) is 20.3. The molecule has 166 valence electrons. The second-order valence-corrected chi connectivity index (χ2v) is 7.83. The van der Waals surface area contributed by atoms with Gasteiger partial charge in [-0.05, 0) is 54.1 Å². The molecule has 0 radical (unpaired) electrons. The molecule has 8 heteroatoms. The molecular formula is C25H20ClN3O4. The van der Waals surface area contributed by atoms with Gasteiger partial charge < -0.3 is 24.5 Å². The molecule has 1 aromatic heterocycles. The number of nitrogens with zero attached hydrogens (tertiary/aromatic N) is 1. The summed E-state index contributed by atoms with van der Waals surface area (Å²) < 4.78 is 16.6. The van der Waals surface area contributed by atoms with Crippen LogP contribution in [0.5, 0.6) is 11.5 Å². The fraction of sp³-hybridized carbons (Fsp3) is 0.120. The third-order valence-electron chi connectivity index (χ3n) is 5.17. The van der Waals surface area contributed by atoms with Gasteiger partial charge in [0.1, 0.15) is 0 Å². The molecule has 1 aliphatic rings. The molecule has 7 nitrogen and oxygen atoms in total. The number of oxazole rings is 1. The molecule has 4 aromatic rings. The van der Waals surface area contributed by atoms with E-state index in [9.17, 15) is 4.79 Å². The quantitative estimate of drug-likeness (QED) is 0.390. The van der Waals surface area contributed by atoms with Crippen LogP contribution in [0.25, 0.3) is 11.3 Å². The number of carbonyl (C=O) groups is 1. The van der Waals surface area contributed by atoms with E-state index in [0.29, 0.717) is 52.5 Å². The number of hydrogen-bond donors (Lipinski definition) is 2. The average Bonchev–Trinajstić information content (AvgIpc) is 3.51. The van der Waals surface area contributed by atoms with E-state index in [-0.39, 0.29) is 12.7 Å². The number of para-hydroxylation sites is 1. The maximum atomic E-state index is 12.8. The molecule has 0 unspecified atom stereocenters. The van der Waals surface area contributed by atoms with Gasteiger partial charge in [-0.3, -0.25) is 4.79 Å². The molecule has 0 bridgehead atoms. The molecule has 0 aliphatic carbocycles. The van der Waals surface area contributed by atoms with E-state index in [4.69, 9.17) is 25.5 Å². The van der Waals surface area contributed by atoms with Crippen LogP contribution >= 0.6 is 11.6 Å². The van der Waals surface area contributed by atoms with Crippen molar-refractivity contribution >= 4 is 23.2 Å². The molecule has 33 heavy (non-hydrogen) atoms. The number of benzene rings is 3. The summed E-state index contributed by atoms with van der Waals surface area (Å²) in [5.74, 6) is 2.37. The summed E-state index contributed by atoms with van der Waals surface area (Å²) in [4.78, 5) is 17.2. The highest BCUT2D eigenvalue weighted by molar-refractivity contribution is 6.30. The third-order valence-corrected chi connectivity index (χ3v) is 5.43. The van der Waals surface area contributed by atoms with Crippen molar-refractivity contribution in [2.75, 3.05) is 12.1 Å². The van der Waals surface area contributed by atoms with Crippen molar-refractivity contribution in [3.05, 3.63) is 95.0 Å². The smallest absolute Gasteiger partial charge is 0.253 e. The molecule has 1 aliphatic heterocycles. The minimum absolute atomic E-state index is 0.190. The Labute approximate surface area is 195 Å². The number of rotatable bonds is 7. The lowest BCUT2D eigenvalue weighted by Crippen LogP contribution is -2.24. The normalized spacial score (nSPS) is 11.9. The Bertz CT molecular complexity index is 1290. The van der Waals surface area contributed by atoms with Crippen LogP contribution in [-0.4, -0.2) is 17.7 Å². The van der Waals surface area contributed by atoms with Gasteiger partial charge >= 0.3 is 0 Å². The van der Waals surface area contributed by atoms with Crippen molar-refractivity contribution in [2.45, 2.75) is 13.1 Å². The fourth-order valence-electron chi connectivity index (χ4n) is 3.47. The van der Waals surface area contributed by atoms with Gasteiger partial charge in [-0.1, -0.05) is 29.8 Å². The molecule has 0 spiro atoms. The zero-order valence-corrected chi connectivity index (χ0v) is 18.3. The number of carbonyl (C=O) groups excluding carboxylic acids is 1. The summed E-state index contributed by atoms with van der Waals surface area (Å²) in [5.41, 5.74) is 3.03. The number of halogens is 1. The molecule has 0 saturated carbocycles. The Balaban J connectivity index is 1.22. The first-order chi connectivity index (χ1) is 16.2. The second-order valence-electron chi connectivity index (χ2n) is 7.39. The van der Waals surface area contributed by atoms with Gasteiger partial charge in [0.05, 0.1) is 18.3 Å². The highest BCUT2D eigenvalue weighted by Gasteiger charge is 2.15. The Morgan fingerprint density at radius 1 is 0.970 bits per heavy atom. The molecule has 0 saturated heterocycles. The Kier molecular flexibility index (Phi) is 5.87. The highest BCUT2D eigenvalue weighted by atomic mass is 35.5. The molecule has 0 atom stereocenters. The minimum atomic E-state index is -0.190. The molecule has 5 rings (SSSR count). The van der Waals surface area contributed by atoms with Crippen molar-refractivity contribution in [1.29, 1.82) is 0 Å². The third kappa shape index (κ3) is 4.78. The zero-order valence-electron chi connectivity index (χ0n) is 17.5. The summed E-state index contributed by atoms with van der Waals surface area (Å²) >= 11 is 5.94. The van der Waals surface area contributed by atoms with Crippen LogP contribution in [0.4, 0.5) is 5.69 Å². The highest BCUT2D eigenvalue weighted by Crippen LogP contribution is 2.32. The van der Waals surface area contributed by atoms with E-state index < -0.39 is 0 Å². The van der Waals surface area contributed by atoms with Crippen molar-refractivity contribution in [2.24, 2.45) is 0 Å². The molecule has 3 aromatic carbocycles. The summed E-state index contributed by atoms with van der Waals surface area (Å²) in [6.07, 6.45) is 1.67. The lowest BCUT2D eigenvalue weighted by atomic mass is 10.1. The second kappa shape index (κ2) is 9.26. The number of nitrogens with one attached hydrogen (secondary N) is 2. The molecule has 0 fully saturated rings. The lowest BCUT2D eigenvalue weighted by molar-refractivity contribution is 0.0951. The van der Waals surface area contributed by atoms with Gasteiger partial charge in [0.25, 0.3) is 5.91 Å². The van der Waals surface area contributed by atoms with Gasteiger partial charge in [-0.2, -0.15) is 0 Å². The van der Waals surface area contributed by atoms with Crippen LogP contribution < -0.4 is 20.1 Å². The molecule has 1 amide bonds. The summed E-state index contributed by atoms with van der Waals surface area (Å²) in [7, 11) is 0. The predicted octanol–water partition coefficient (Wildman–Crippen LogP) is 5.27. The van der Waals surface area contributed by atoms with E-state index >= 15 is 0 Å². The van der Waals surface area contributed by atoms with Crippen LogP contribution in [0, 0.1) is 0 Å². The first kappa shape index (κ1) is 20.9. The van der Waals surface area contributed by atoms with Crippen LogP contribution in [-0.2, 0) is 13.1 Å². The van der Waals surface area contributed by atoms with Crippen molar-refractivity contribution in [1.82, 2.24) is 10.3 Å². The molecule has 2 N–H and O–H groups in total. The SMILES string of the molecule is O=C(NCc1ccc2c(c1)OCO2)c1ccccc1NCc1ncc(-c2ccc(Cl)cc2)o1. The molecule has 2 heterocycles. The Morgan fingerprint density at radius 3 is 2.67 bits per heavy atom. The summed E-state index contributed by atoms with van der Waals surface area (Å²) in [6.45, 7) is 0.921. The Morgan fingerprint density at radius 2 is 1.79 bits per heavy atom. The lowest BCUT2D eigenvalue weighted by Gasteiger charge is -2.11. The van der Waals surface area contributed by atoms with Gasteiger partial charge in [0.15, 0.2) is 17.3 Å². The van der Waals surface area contributed by atoms with Gasteiger partial charge in [0.2, 0.25) is 12.7 Å². The van der Waals surface area contributed by atoms with Crippen LogP contribution in [0.3, 0.4) is 0 Å². The van der Waals surface area contributed by atoms with Crippen molar-refractivity contribution < 1.29 is 18.7 Å². The number of anilines is 1. The van der Waals surface area contributed by atoms with E-state index in [0.717, 1.165) is 11.1 Å². The van der Waals surface area contributed by atoms with Gasteiger partial charge in [0, 0.05) is 22.8 Å². The monoisotopic (exact) mass is 461 g/mol.